The molecular weight excluding hydrogens is 388 g/mol. The lowest BCUT2D eigenvalue weighted by atomic mass is 9.88. The molecule has 1 aliphatic heterocycles. The van der Waals surface area contributed by atoms with Gasteiger partial charge >= 0.3 is 0 Å². The largest absolute Gasteiger partial charge is 0.507 e. The van der Waals surface area contributed by atoms with Crippen LogP contribution in [0.25, 0.3) is 0 Å². The maximum Gasteiger partial charge on any atom is 0.256 e. The number of aromatic hydroxyl groups is 1. The second-order valence-corrected chi connectivity index (χ2v) is 8.79. The first kappa shape index (κ1) is 16.0. The fraction of sp³-hybridized carbons (Fsp3) is 0.389. The summed E-state index contributed by atoms with van der Waals surface area (Å²) >= 11 is 5.16. The third-order valence-corrected chi connectivity index (χ3v) is 6.54. The lowest BCUT2D eigenvalue weighted by molar-refractivity contribution is 0.0935. The summed E-state index contributed by atoms with van der Waals surface area (Å²) in [4.78, 5) is 14.1. The van der Waals surface area contributed by atoms with Crippen LogP contribution in [0.4, 0.5) is 5.00 Å². The van der Waals surface area contributed by atoms with Gasteiger partial charge in [0.1, 0.15) is 16.9 Å². The number of amides is 1. The highest BCUT2D eigenvalue weighted by Crippen LogP contribution is 2.43. The van der Waals surface area contributed by atoms with E-state index in [0.29, 0.717) is 11.5 Å². The molecule has 0 saturated carbocycles. The Morgan fingerprint density at radius 3 is 2.92 bits per heavy atom. The molecule has 24 heavy (non-hydrogen) atoms. The Morgan fingerprint density at radius 2 is 2.12 bits per heavy atom. The van der Waals surface area contributed by atoms with Crippen LogP contribution in [-0.2, 0) is 12.8 Å². The first-order valence-electron chi connectivity index (χ1n) is 8.15. The van der Waals surface area contributed by atoms with Gasteiger partial charge in [-0.1, -0.05) is 22.9 Å². The molecule has 2 aromatic rings. The number of fused-ring (bicyclic) bond motifs is 3. The van der Waals surface area contributed by atoms with E-state index >= 15 is 0 Å². The van der Waals surface area contributed by atoms with E-state index in [4.69, 9.17) is 0 Å². The third kappa shape index (κ3) is 2.52. The molecular formula is C18H19BrN2O2S. The number of phenolic OH excluding ortho intramolecular Hbond substituents is 1. The molecule has 0 fully saturated rings. The molecule has 1 aliphatic carbocycles. The summed E-state index contributed by atoms with van der Waals surface area (Å²) < 4.78 is 0.883. The topological polar surface area (TPSA) is 61.4 Å². The predicted molar refractivity (Wildman–Crippen MR) is 99.9 cm³/mol. The van der Waals surface area contributed by atoms with E-state index in [1.807, 2.05) is 19.1 Å². The third-order valence-electron chi connectivity index (χ3n) is 4.90. The van der Waals surface area contributed by atoms with E-state index < -0.39 is 6.17 Å². The second-order valence-electron chi connectivity index (χ2n) is 6.77. The molecule has 2 aliphatic rings. The molecule has 126 valence electrons. The van der Waals surface area contributed by atoms with Crippen molar-refractivity contribution in [3.8, 4) is 5.75 Å². The van der Waals surface area contributed by atoms with Gasteiger partial charge in [-0.3, -0.25) is 4.79 Å². The number of phenols is 1. The summed E-state index contributed by atoms with van der Waals surface area (Å²) in [5.74, 6) is 0.848. The molecule has 0 unspecified atom stereocenters. The molecule has 1 aromatic carbocycles. The molecule has 4 rings (SSSR count). The SMILES string of the molecule is Cc1cc(Br)cc([C@@H]2NC(=O)c3c(sc4c3CC[C@H](C)C4)N2)c1O. The maximum atomic E-state index is 12.7. The molecule has 0 radical (unpaired) electrons. The summed E-state index contributed by atoms with van der Waals surface area (Å²) in [7, 11) is 0. The highest BCUT2D eigenvalue weighted by molar-refractivity contribution is 9.10. The minimum atomic E-state index is -0.418. The molecule has 0 bridgehead atoms. The second kappa shape index (κ2) is 5.77. The number of nitrogens with one attached hydrogen (secondary N) is 2. The van der Waals surface area contributed by atoms with Gasteiger partial charge in [-0.2, -0.15) is 0 Å². The quantitative estimate of drug-likeness (QED) is 0.652. The molecule has 2 heterocycles. The van der Waals surface area contributed by atoms with Crippen LogP contribution in [0.5, 0.6) is 5.75 Å². The van der Waals surface area contributed by atoms with E-state index in [2.05, 4.69) is 33.5 Å². The van der Waals surface area contributed by atoms with Crippen molar-refractivity contribution in [2.75, 3.05) is 5.32 Å². The molecule has 0 saturated heterocycles. The van der Waals surface area contributed by atoms with E-state index in [1.54, 1.807) is 11.3 Å². The van der Waals surface area contributed by atoms with Crippen molar-refractivity contribution < 1.29 is 9.90 Å². The van der Waals surface area contributed by atoms with E-state index in [9.17, 15) is 9.90 Å². The van der Waals surface area contributed by atoms with Gasteiger partial charge in [0, 0.05) is 14.9 Å². The number of carbonyl (C=O) groups is 1. The van der Waals surface area contributed by atoms with Crippen molar-refractivity contribution in [2.24, 2.45) is 5.92 Å². The average molecular weight is 407 g/mol. The number of rotatable bonds is 1. The van der Waals surface area contributed by atoms with Crippen LogP contribution in [0, 0.1) is 12.8 Å². The molecule has 1 amide bonds. The standard InChI is InChI=1S/C18H19BrN2O2S/c1-8-3-4-11-13(5-8)24-18-14(11)17(23)20-16(21-18)12-7-10(19)6-9(2)15(12)22/h6-8,16,21-22H,3-5H2,1-2H3,(H,20,23)/t8-,16+/m0/s1. The number of benzene rings is 1. The number of aryl methyl sites for hydroxylation is 1. The van der Waals surface area contributed by atoms with Gasteiger partial charge in [-0.25, -0.2) is 0 Å². The van der Waals surface area contributed by atoms with Gasteiger partial charge < -0.3 is 15.7 Å². The summed E-state index contributed by atoms with van der Waals surface area (Å²) in [5, 5.41) is 17.8. The van der Waals surface area contributed by atoms with Crippen LogP contribution >= 0.6 is 27.3 Å². The molecule has 3 N–H and O–H groups in total. The van der Waals surface area contributed by atoms with Crippen molar-refractivity contribution in [2.45, 2.75) is 39.3 Å². The monoisotopic (exact) mass is 406 g/mol. The van der Waals surface area contributed by atoms with Crippen molar-refractivity contribution in [3.05, 3.63) is 43.7 Å². The smallest absolute Gasteiger partial charge is 0.256 e. The Hall–Kier alpha value is -1.53. The minimum absolute atomic E-state index is 0.0437. The number of halogens is 1. The van der Waals surface area contributed by atoms with Crippen LogP contribution < -0.4 is 10.6 Å². The van der Waals surface area contributed by atoms with E-state index in [0.717, 1.165) is 39.9 Å². The highest BCUT2D eigenvalue weighted by atomic mass is 79.9. The number of anilines is 1. The Bertz CT molecular complexity index is 846. The maximum absolute atomic E-state index is 12.7. The normalized spacial score (nSPS) is 22.4. The van der Waals surface area contributed by atoms with E-state index in [-0.39, 0.29) is 11.7 Å². The van der Waals surface area contributed by atoms with Gasteiger partial charge in [0.25, 0.3) is 5.91 Å². The fourth-order valence-electron chi connectivity index (χ4n) is 3.60. The summed E-state index contributed by atoms with van der Waals surface area (Å²) in [5.41, 5.74) is 3.48. The lowest BCUT2D eigenvalue weighted by Gasteiger charge is -2.28. The number of hydrogen-bond acceptors (Lipinski definition) is 4. The first-order chi connectivity index (χ1) is 11.4. The predicted octanol–water partition coefficient (Wildman–Crippen LogP) is 4.50. The number of thiophene rings is 1. The van der Waals surface area contributed by atoms with Crippen LogP contribution in [0.2, 0.25) is 0 Å². The van der Waals surface area contributed by atoms with Gasteiger partial charge in [-0.05, 0) is 55.4 Å². The van der Waals surface area contributed by atoms with Crippen molar-refractivity contribution in [1.29, 1.82) is 0 Å². The van der Waals surface area contributed by atoms with Crippen LogP contribution in [0.3, 0.4) is 0 Å². The van der Waals surface area contributed by atoms with Crippen molar-refractivity contribution >= 4 is 38.2 Å². The fourth-order valence-corrected chi connectivity index (χ4v) is 5.63. The van der Waals surface area contributed by atoms with Gasteiger partial charge in [0.05, 0.1) is 5.56 Å². The van der Waals surface area contributed by atoms with E-state index in [1.165, 1.54) is 10.4 Å². The zero-order valence-electron chi connectivity index (χ0n) is 13.6. The zero-order chi connectivity index (χ0) is 17.0. The number of carbonyl (C=O) groups excluding carboxylic acids is 1. The van der Waals surface area contributed by atoms with Crippen LogP contribution in [0.15, 0.2) is 16.6 Å². The summed E-state index contributed by atoms with van der Waals surface area (Å²) in [6, 6.07) is 3.71. The van der Waals surface area contributed by atoms with Gasteiger partial charge in [0.2, 0.25) is 0 Å². The van der Waals surface area contributed by atoms with Crippen molar-refractivity contribution in [1.82, 2.24) is 5.32 Å². The highest BCUT2D eigenvalue weighted by Gasteiger charge is 2.34. The van der Waals surface area contributed by atoms with Crippen LogP contribution in [0.1, 0.15) is 51.4 Å². The molecule has 2 atom stereocenters. The number of hydrogen-bond donors (Lipinski definition) is 3. The Kier molecular flexibility index (Phi) is 3.84. The lowest BCUT2D eigenvalue weighted by Crippen LogP contribution is -2.38. The summed E-state index contributed by atoms with van der Waals surface area (Å²) in [6.45, 7) is 4.12. The molecule has 0 spiro atoms. The summed E-state index contributed by atoms with van der Waals surface area (Å²) in [6.07, 6.45) is 2.74. The molecule has 1 aromatic heterocycles. The molecule has 6 heteroatoms. The van der Waals surface area contributed by atoms with Crippen LogP contribution in [-0.4, -0.2) is 11.0 Å². The van der Waals surface area contributed by atoms with Gasteiger partial charge in [-0.15, -0.1) is 11.3 Å². The Morgan fingerprint density at radius 1 is 1.33 bits per heavy atom. The molecule has 4 nitrogen and oxygen atoms in total. The van der Waals surface area contributed by atoms with Gasteiger partial charge in [0.15, 0.2) is 0 Å². The first-order valence-corrected chi connectivity index (χ1v) is 9.76. The Balaban J connectivity index is 1.74. The minimum Gasteiger partial charge on any atom is -0.507 e. The Labute approximate surface area is 153 Å². The average Bonchev–Trinajstić information content (AvgIpc) is 2.88. The zero-order valence-corrected chi connectivity index (χ0v) is 16.0. The van der Waals surface area contributed by atoms with Crippen molar-refractivity contribution in [3.63, 3.8) is 0 Å².